The Bertz CT molecular complexity index is 1150. The zero-order valence-electron chi connectivity index (χ0n) is 17.7. The fourth-order valence-corrected chi connectivity index (χ4v) is 5.03. The minimum Gasteiger partial charge on any atom is -0.379 e. The van der Waals surface area contributed by atoms with Crippen LogP contribution in [0.5, 0.6) is 0 Å². The number of amides is 1. The van der Waals surface area contributed by atoms with Crippen LogP contribution in [0.3, 0.4) is 0 Å². The highest BCUT2D eigenvalue weighted by Gasteiger charge is 2.23. The van der Waals surface area contributed by atoms with Gasteiger partial charge in [0.1, 0.15) is 0 Å². The molecule has 0 bridgehead atoms. The molecule has 1 saturated heterocycles. The summed E-state index contributed by atoms with van der Waals surface area (Å²) in [5, 5.41) is 3.70. The minimum atomic E-state index is -0.388. The number of fused-ring (bicyclic) bond motifs is 1. The number of ether oxygens (including phenoxy) is 1. The first kappa shape index (κ1) is 20.8. The third kappa shape index (κ3) is 4.72. The Balaban J connectivity index is 1.37. The second-order valence-electron chi connectivity index (χ2n) is 7.95. The zero-order valence-corrected chi connectivity index (χ0v) is 18.6. The molecule has 0 unspecified atom stereocenters. The van der Waals surface area contributed by atoms with Crippen molar-refractivity contribution >= 4 is 32.6 Å². The number of nitrogens with zero attached hydrogens (tertiary/aromatic N) is 2. The fraction of sp³-hybridized carbons (Fsp3) is 0.231. The molecule has 0 radical (unpaired) electrons. The molecule has 1 fully saturated rings. The van der Waals surface area contributed by atoms with Gasteiger partial charge in [0.25, 0.3) is 0 Å². The molecule has 1 aromatic heterocycles. The molecule has 2 heterocycles. The molecule has 3 aromatic carbocycles. The van der Waals surface area contributed by atoms with Gasteiger partial charge in [0, 0.05) is 19.6 Å². The van der Waals surface area contributed by atoms with Crippen molar-refractivity contribution in [2.75, 3.05) is 31.6 Å². The third-order valence-electron chi connectivity index (χ3n) is 5.72. The van der Waals surface area contributed by atoms with Crippen molar-refractivity contribution in [1.82, 2.24) is 9.88 Å². The summed E-state index contributed by atoms with van der Waals surface area (Å²) in [7, 11) is 0. The second kappa shape index (κ2) is 9.61. The van der Waals surface area contributed by atoms with Gasteiger partial charge in [-0.2, -0.15) is 0 Å². The first-order valence-electron chi connectivity index (χ1n) is 10.9. The topological polar surface area (TPSA) is 54.5 Å². The molecule has 162 valence electrons. The number of anilines is 1. The highest BCUT2D eigenvalue weighted by atomic mass is 32.1. The normalized spacial score (nSPS) is 14.7. The lowest BCUT2D eigenvalue weighted by molar-refractivity contribution is -0.116. The van der Waals surface area contributed by atoms with Gasteiger partial charge in [0.05, 0.1) is 29.3 Å². The smallest absolute Gasteiger partial charge is 0.238 e. The van der Waals surface area contributed by atoms with Crippen molar-refractivity contribution in [1.29, 1.82) is 0 Å². The van der Waals surface area contributed by atoms with E-state index in [2.05, 4.69) is 27.3 Å². The van der Waals surface area contributed by atoms with Crippen molar-refractivity contribution in [3.05, 3.63) is 95.6 Å². The van der Waals surface area contributed by atoms with E-state index in [0.717, 1.165) is 54.2 Å². The molecule has 1 aliphatic rings. The van der Waals surface area contributed by atoms with Gasteiger partial charge in [-0.15, -0.1) is 0 Å². The van der Waals surface area contributed by atoms with Crippen LogP contribution in [0, 0.1) is 0 Å². The number of hydrogen-bond acceptors (Lipinski definition) is 5. The number of morpholine rings is 1. The van der Waals surface area contributed by atoms with Crippen molar-refractivity contribution in [3.8, 4) is 0 Å². The third-order valence-corrected chi connectivity index (χ3v) is 6.65. The monoisotopic (exact) mass is 443 g/mol. The number of aromatic nitrogens is 1. The molecule has 6 heteroatoms. The van der Waals surface area contributed by atoms with Gasteiger partial charge >= 0.3 is 0 Å². The summed E-state index contributed by atoms with van der Waals surface area (Å²) in [6.45, 7) is 4.42. The molecule has 4 aromatic rings. The summed E-state index contributed by atoms with van der Waals surface area (Å²) < 4.78 is 6.53. The van der Waals surface area contributed by atoms with Crippen molar-refractivity contribution < 1.29 is 9.53 Å². The molecule has 5 nitrogen and oxygen atoms in total. The van der Waals surface area contributed by atoms with Crippen LogP contribution in [0.25, 0.3) is 10.2 Å². The highest BCUT2D eigenvalue weighted by Crippen LogP contribution is 2.30. The Hall–Kier alpha value is -3.06. The first-order chi connectivity index (χ1) is 15.8. The number of carbonyl (C=O) groups excluding carboxylic acids is 1. The lowest BCUT2D eigenvalue weighted by Crippen LogP contribution is -2.35. The molecule has 1 amide bonds. The summed E-state index contributed by atoms with van der Waals surface area (Å²) in [5.41, 5.74) is 4.09. The standard InChI is InChI=1S/C26H25N3O2S/c30-25(24(20-7-3-1-4-8-20)21-9-5-2-6-10-21)28-26-27-22-12-11-19(17-23(22)32-26)18-29-13-15-31-16-14-29/h1-12,17,24H,13-16,18H2,(H,27,28,30). The van der Waals surface area contributed by atoms with Crippen LogP contribution in [-0.2, 0) is 16.1 Å². The SMILES string of the molecule is O=C(Nc1nc2ccc(CN3CCOCC3)cc2s1)C(c1ccccc1)c1ccccc1. The van der Waals surface area contributed by atoms with Gasteiger partial charge < -0.3 is 10.1 Å². The number of benzene rings is 3. The molecule has 32 heavy (non-hydrogen) atoms. The number of thiazole rings is 1. The fourth-order valence-electron chi connectivity index (χ4n) is 4.10. The van der Waals surface area contributed by atoms with Crippen LogP contribution < -0.4 is 5.32 Å². The van der Waals surface area contributed by atoms with Gasteiger partial charge in [-0.1, -0.05) is 78.1 Å². The molecule has 0 aliphatic carbocycles. The Morgan fingerprint density at radius 2 is 1.62 bits per heavy atom. The average Bonchev–Trinajstić information content (AvgIpc) is 3.23. The second-order valence-corrected chi connectivity index (χ2v) is 8.98. The quantitative estimate of drug-likeness (QED) is 0.461. The van der Waals surface area contributed by atoms with Crippen LogP contribution in [-0.4, -0.2) is 42.1 Å². The van der Waals surface area contributed by atoms with E-state index in [4.69, 9.17) is 4.74 Å². The largest absolute Gasteiger partial charge is 0.379 e. The predicted octanol–water partition coefficient (Wildman–Crippen LogP) is 4.90. The number of carbonyl (C=O) groups is 1. The molecule has 1 aliphatic heterocycles. The van der Waals surface area contributed by atoms with Crippen LogP contribution in [0.15, 0.2) is 78.9 Å². The predicted molar refractivity (Wildman–Crippen MR) is 129 cm³/mol. The van der Waals surface area contributed by atoms with Gasteiger partial charge in [-0.25, -0.2) is 4.98 Å². The Morgan fingerprint density at radius 3 is 2.28 bits per heavy atom. The summed E-state index contributed by atoms with van der Waals surface area (Å²) in [6.07, 6.45) is 0. The van der Waals surface area contributed by atoms with Crippen LogP contribution in [0.2, 0.25) is 0 Å². The summed E-state index contributed by atoms with van der Waals surface area (Å²) >= 11 is 1.52. The van der Waals surface area contributed by atoms with Gasteiger partial charge in [-0.05, 0) is 28.8 Å². The lowest BCUT2D eigenvalue weighted by atomic mass is 9.90. The molecule has 0 saturated carbocycles. The van der Waals surface area contributed by atoms with E-state index in [0.29, 0.717) is 5.13 Å². The maximum atomic E-state index is 13.4. The van der Waals surface area contributed by atoms with E-state index in [9.17, 15) is 4.79 Å². The lowest BCUT2D eigenvalue weighted by Gasteiger charge is -2.26. The van der Waals surface area contributed by atoms with Gasteiger partial charge in [0.2, 0.25) is 5.91 Å². The Labute approximate surface area is 191 Å². The van der Waals surface area contributed by atoms with E-state index in [-0.39, 0.29) is 11.8 Å². The molecular weight excluding hydrogens is 418 g/mol. The Morgan fingerprint density at radius 1 is 0.969 bits per heavy atom. The first-order valence-corrected chi connectivity index (χ1v) is 11.7. The van der Waals surface area contributed by atoms with E-state index in [1.54, 1.807) is 0 Å². The Kier molecular flexibility index (Phi) is 6.25. The maximum absolute atomic E-state index is 13.4. The van der Waals surface area contributed by atoms with Gasteiger partial charge in [0.15, 0.2) is 5.13 Å². The van der Waals surface area contributed by atoms with Crippen molar-refractivity contribution in [2.45, 2.75) is 12.5 Å². The van der Waals surface area contributed by atoms with Crippen LogP contribution in [0.4, 0.5) is 5.13 Å². The number of rotatable bonds is 6. The van der Waals surface area contributed by atoms with E-state index in [1.165, 1.54) is 16.9 Å². The minimum absolute atomic E-state index is 0.0741. The van der Waals surface area contributed by atoms with E-state index >= 15 is 0 Å². The van der Waals surface area contributed by atoms with Crippen LogP contribution in [0.1, 0.15) is 22.6 Å². The molecule has 0 atom stereocenters. The average molecular weight is 444 g/mol. The van der Waals surface area contributed by atoms with E-state index < -0.39 is 0 Å². The van der Waals surface area contributed by atoms with Crippen LogP contribution >= 0.6 is 11.3 Å². The zero-order chi connectivity index (χ0) is 21.8. The summed E-state index contributed by atoms with van der Waals surface area (Å²) in [4.78, 5) is 20.4. The van der Waals surface area contributed by atoms with Gasteiger partial charge in [-0.3, -0.25) is 9.69 Å². The maximum Gasteiger partial charge on any atom is 0.238 e. The van der Waals surface area contributed by atoms with Crippen molar-refractivity contribution in [3.63, 3.8) is 0 Å². The molecule has 0 spiro atoms. The van der Waals surface area contributed by atoms with Crippen molar-refractivity contribution in [2.24, 2.45) is 0 Å². The summed E-state index contributed by atoms with van der Waals surface area (Å²) in [5.74, 6) is -0.462. The molecular formula is C26H25N3O2S. The number of nitrogens with one attached hydrogen (secondary N) is 1. The highest BCUT2D eigenvalue weighted by molar-refractivity contribution is 7.22. The summed E-state index contributed by atoms with van der Waals surface area (Å²) in [6, 6.07) is 26.1. The molecule has 5 rings (SSSR count). The molecule has 1 N–H and O–H groups in total. The van der Waals surface area contributed by atoms with E-state index in [1.807, 2.05) is 66.7 Å². The number of hydrogen-bond donors (Lipinski definition) is 1.